The first-order valence-electron chi connectivity index (χ1n) is 10.1. The molecule has 5 heteroatoms. The summed E-state index contributed by atoms with van der Waals surface area (Å²) in [6, 6.07) is 21.9. The number of hydrogen-bond acceptors (Lipinski definition) is 5. The first kappa shape index (κ1) is 19.7. The Balaban J connectivity index is 1.43. The molecule has 4 aromatic rings. The lowest BCUT2D eigenvalue weighted by atomic mass is 10.1. The van der Waals surface area contributed by atoms with Crippen LogP contribution in [-0.4, -0.2) is 24.2 Å². The van der Waals surface area contributed by atoms with Gasteiger partial charge < -0.3 is 13.9 Å². The van der Waals surface area contributed by atoms with E-state index in [2.05, 4.69) is 11.1 Å². The molecule has 0 amide bonds. The summed E-state index contributed by atoms with van der Waals surface area (Å²) in [6.45, 7) is 2.69. The molecule has 0 aliphatic carbocycles. The van der Waals surface area contributed by atoms with Crippen molar-refractivity contribution < 1.29 is 18.7 Å². The average Bonchev–Trinajstić information content (AvgIpc) is 3.27. The number of fused-ring (bicyclic) bond motifs is 1. The van der Waals surface area contributed by atoms with Crippen LogP contribution in [0, 0.1) is 0 Å². The first-order chi connectivity index (χ1) is 14.7. The molecule has 1 aromatic heterocycles. The predicted molar refractivity (Wildman–Crippen MR) is 116 cm³/mol. The third-order valence-corrected chi connectivity index (χ3v) is 4.72. The molecule has 0 saturated heterocycles. The van der Waals surface area contributed by atoms with Gasteiger partial charge in [-0.15, -0.1) is 0 Å². The fourth-order valence-corrected chi connectivity index (χ4v) is 3.23. The summed E-state index contributed by atoms with van der Waals surface area (Å²) in [5.41, 5.74) is 1.93. The number of carbonyl (C=O) groups is 1. The molecule has 0 unspecified atom stereocenters. The van der Waals surface area contributed by atoms with Crippen LogP contribution < -0.4 is 4.74 Å². The van der Waals surface area contributed by atoms with Gasteiger partial charge >= 0.3 is 5.97 Å². The maximum atomic E-state index is 11.4. The van der Waals surface area contributed by atoms with Gasteiger partial charge in [0.05, 0.1) is 19.4 Å². The van der Waals surface area contributed by atoms with E-state index in [0.717, 1.165) is 33.4 Å². The maximum absolute atomic E-state index is 11.4. The lowest BCUT2D eigenvalue weighted by Gasteiger charge is -2.08. The average molecular weight is 401 g/mol. The van der Waals surface area contributed by atoms with Gasteiger partial charge in [-0.05, 0) is 48.4 Å². The molecule has 0 fully saturated rings. The summed E-state index contributed by atoms with van der Waals surface area (Å²) in [7, 11) is 0. The molecule has 0 aliphatic rings. The fraction of sp³-hybridized carbons (Fsp3) is 0.200. The van der Waals surface area contributed by atoms with E-state index in [1.807, 2.05) is 60.7 Å². The number of rotatable bonds is 8. The molecule has 3 aromatic carbocycles. The molecular formula is C25H23NO4. The van der Waals surface area contributed by atoms with Crippen LogP contribution in [0.25, 0.3) is 33.6 Å². The highest BCUT2D eigenvalue weighted by Gasteiger charge is 2.09. The summed E-state index contributed by atoms with van der Waals surface area (Å²) in [6.07, 6.45) is 2.75. The van der Waals surface area contributed by atoms with Crippen molar-refractivity contribution in [2.24, 2.45) is 0 Å². The smallest absolute Gasteiger partial charge is 0.305 e. The van der Waals surface area contributed by atoms with Gasteiger partial charge in [0.2, 0.25) is 5.89 Å². The summed E-state index contributed by atoms with van der Waals surface area (Å²) in [4.78, 5) is 15.8. The van der Waals surface area contributed by atoms with Crippen molar-refractivity contribution in [1.29, 1.82) is 0 Å². The zero-order valence-electron chi connectivity index (χ0n) is 16.8. The van der Waals surface area contributed by atoms with E-state index in [9.17, 15) is 4.79 Å². The monoisotopic (exact) mass is 401 g/mol. The second-order valence-electron chi connectivity index (χ2n) is 6.88. The van der Waals surface area contributed by atoms with Gasteiger partial charge in [0.25, 0.3) is 0 Å². The number of oxazole rings is 1. The molecule has 30 heavy (non-hydrogen) atoms. The normalized spacial score (nSPS) is 10.8. The Bertz CT molecular complexity index is 1130. The summed E-state index contributed by atoms with van der Waals surface area (Å²) >= 11 is 0. The zero-order chi connectivity index (χ0) is 20.8. The van der Waals surface area contributed by atoms with Crippen molar-refractivity contribution in [3.8, 4) is 28.5 Å². The topological polar surface area (TPSA) is 61.6 Å². The molecule has 5 nitrogen and oxygen atoms in total. The third kappa shape index (κ3) is 4.69. The van der Waals surface area contributed by atoms with Crippen molar-refractivity contribution in [3.63, 3.8) is 0 Å². The molecule has 0 spiro atoms. The highest BCUT2D eigenvalue weighted by molar-refractivity contribution is 5.87. The first-order valence-corrected chi connectivity index (χ1v) is 10.1. The van der Waals surface area contributed by atoms with Gasteiger partial charge in [-0.1, -0.05) is 42.5 Å². The van der Waals surface area contributed by atoms with Crippen molar-refractivity contribution in [2.45, 2.75) is 19.8 Å². The van der Waals surface area contributed by atoms with Crippen LogP contribution in [0.1, 0.15) is 19.8 Å². The number of esters is 1. The van der Waals surface area contributed by atoms with Crippen molar-refractivity contribution in [2.75, 3.05) is 13.2 Å². The van der Waals surface area contributed by atoms with E-state index < -0.39 is 0 Å². The van der Waals surface area contributed by atoms with Gasteiger partial charge in [0, 0.05) is 17.5 Å². The Morgan fingerprint density at radius 3 is 2.60 bits per heavy atom. The minimum atomic E-state index is -0.186. The molecule has 0 atom stereocenters. The van der Waals surface area contributed by atoms with Crippen LogP contribution in [0.5, 0.6) is 5.75 Å². The second kappa shape index (κ2) is 9.27. The van der Waals surface area contributed by atoms with Crippen LogP contribution in [0.4, 0.5) is 0 Å². The molecular weight excluding hydrogens is 378 g/mol. The fourth-order valence-electron chi connectivity index (χ4n) is 3.23. The van der Waals surface area contributed by atoms with Crippen LogP contribution in [-0.2, 0) is 9.53 Å². The van der Waals surface area contributed by atoms with E-state index in [-0.39, 0.29) is 5.97 Å². The van der Waals surface area contributed by atoms with Gasteiger partial charge in [-0.2, -0.15) is 0 Å². The summed E-state index contributed by atoms with van der Waals surface area (Å²) in [5.74, 6) is 1.93. The molecule has 0 bridgehead atoms. The Labute approximate surface area is 175 Å². The third-order valence-electron chi connectivity index (χ3n) is 4.72. The highest BCUT2D eigenvalue weighted by Crippen LogP contribution is 2.29. The van der Waals surface area contributed by atoms with E-state index in [1.165, 1.54) is 0 Å². The Hall–Kier alpha value is -3.60. The second-order valence-corrected chi connectivity index (χ2v) is 6.88. The Morgan fingerprint density at radius 1 is 0.967 bits per heavy atom. The Morgan fingerprint density at radius 2 is 1.77 bits per heavy atom. The largest absolute Gasteiger partial charge is 0.494 e. The lowest BCUT2D eigenvalue weighted by molar-refractivity contribution is -0.143. The molecule has 0 aliphatic heterocycles. The van der Waals surface area contributed by atoms with Crippen molar-refractivity contribution >= 4 is 16.7 Å². The standard InChI is InChI=1S/C25H23NO4/c1-2-28-24(27)9-6-14-29-22-13-12-19-15-21(11-10-20(19)16-22)25-26-17-23(30-25)18-7-4-3-5-8-18/h3-5,7-8,10-13,15-17H,2,6,9,14H2,1H3. The van der Waals surface area contributed by atoms with E-state index in [1.54, 1.807) is 13.1 Å². The van der Waals surface area contributed by atoms with Gasteiger partial charge in [-0.25, -0.2) is 4.98 Å². The lowest BCUT2D eigenvalue weighted by Crippen LogP contribution is -2.06. The minimum Gasteiger partial charge on any atom is -0.494 e. The molecule has 1 heterocycles. The van der Waals surface area contributed by atoms with Crippen LogP contribution in [0.2, 0.25) is 0 Å². The highest BCUT2D eigenvalue weighted by atomic mass is 16.5. The predicted octanol–water partition coefficient (Wildman–Crippen LogP) is 5.88. The maximum Gasteiger partial charge on any atom is 0.305 e. The van der Waals surface area contributed by atoms with Crippen molar-refractivity contribution in [1.82, 2.24) is 4.98 Å². The number of nitrogens with zero attached hydrogens (tertiary/aromatic N) is 1. The van der Waals surface area contributed by atoms with E-state index in [4.69, 9.17) is 13.9 Å². The van der Waals surface area contributed by atoms with E-state index >= 15 is 0 Å². The van der Waals surface area contributed by atoms with Gasteiger partial charge in [-0.3, -0.25) is 4.79 Å². The number of benzene rings is 3. The number of ether oxygens (including phenoxy) is 2. The van der Waals surface area contributed by atoms with Crippen LogP contribution in [0.3, 0.4) is 0 Å². The van der Waals surface area contributed by atoms with Gasteiger partial charge in [0.15, 0.2) is 5.76 Å². The van der Waals surface area contributed by atoms with Gasteiger partial charge in [0.1, 0.15) is 5.75 Å². The molecule has 0 radical (unpaired) electrons. The Kier molecular flexibility index (Phi) is 6.09. The summed E-state index contributed by atoms with van der Waals surface area (Å²) in [5, 5.41) is 2.14. The van der Waals surface area contributed by atoms with E-state index in [0.29, 0.717) is 31.9 Å². The molecule has 152 valence electrons. The molecule has 4 rings (SSSR count). The zero-order valence-corrected chi connectivity index (χ0v) is 16.8. The minimum absolute atomic E-state index is 0.186. The number of hydrogen-bond donors (Lipinski definition) is 0. The van der Waals surface area contributed by atoms with Crippen molar-refractivity contribution in [3.05, 3.63) is 72.9 Å². The summed E-state index contributed by atoms with van der Waals surface area (Å²) < 4.78 is 16.6. The number of carbonyl (C=O) groups excluding carboxylic acids is 1. The van der Waals surface area contributed by atoms with Crippen LogP contribution in [0.15, 0.2) is 77.3 Å². The quantitative estimate of drug-likeness (QED) is 0.272. The molecule has 0 saturated carbocycles. The van der Waals surface area contributed by atoms with Crippen LogP contribution >= 0.6 is 0 Å². The molecule has 0 N–H and O–H groups in total. The number of aromatic nitrogens is 1. The SMILES string of the molecule is CCOC(=O)CCCOc1ccc2cc(-c3ncc(-c4ccccc4)o3)ccc2c1.